The van der Waals surface area contributed by atoms with Gasteiger partial charge in [-0.3, -0.25) is 4.79 Å². The van der Waals surface area contributed by atoms with E-state index in [-0.39, 0.29) is 23.3 Å². The van der Waals surface area contributed by atoms with Crippen LogP contribution < -0.4 is 10.6 Å². The highest BCUT2D eigenvalue weighted by Gasteiger charge is 2.16. The third kappa shape index (κ3) is 3.83. The standard InChI is InChI=1S/C12H14ClFN2O.ClH/c13-10-2-1-9(5-11(10)14)12(17)16-7-8-3-4-15-6-8;/h1-2,5,8,15H,3-4,6-7H2,(H,16,17);1H. The third-order valence-electron chi connectivity index (χ3n) is 2.90. The van der Waals surface area contributed by atoms with Crippen molar-refractivity contribution in [3.8, 4) is 0 Å². The topological polar surface area (TPSA) is 41.1 Å². The third-order valence-corrected chi connectivity index (χ3v) is 3.20. The molecule has 1 atom stereocenters. The minimum atomic E-state index is -0.568. The molecule has 0 aliphatic carbocycles. The SMILES string of the molecule is Cl.O=C(NCC1CCNC1)c1ccc(Cl)c(F)c1. The first-order valence-corrected chi connectivity index (χ1v) is 5.98. The van der Waals surface area contributed by atoms with Crippen LogP contribution in [0.3, 0.4) is 0 Å². The van der Waals surface area contributed by atoms with Crippen LogP contribution in [0.2, 0.25) is 5.02 Å². The summed E-state index contributed by atoms with van der Waals surface area (Å²) in [6.07, 6.45) is 1.06. The Hall–Kier alpha value is -0.840. The van der Waals surface area contributed by atoms with Gasteiger partial charge in [-0.2, -0.15) is 0 Å². The lowest BCUT2D eigenvalue weighted by Crippen LogP contribution is -2.30. The molecule has 1 aromatic carbocycles. The summed E-state index contributed by atoms with van der Waals surface area (Å²) in [5.41, 5.74) is 0.304. The smallest absolute Gasteiger partial charge is 0.251 e. The molecule has 2 rings (SSSR count). The minimum Gasteiger partial charge on any atom is -0.352 e. The van der Waals surface area contributed by atoms with Crippen LogP contribution in [0.4, 0.5) is 4.39 Å². The van der Waals surface area contributed by atoms with Gasteiger partial charge in [-0.15, -0.1) is 12.4 Å². The Morgan fingerprint density at radius 3 is 2.94 bits per heavy atom. The number of halogens is 3. The normalized spacial score (nSPS) is 18.2. The largest absolute Gasteiger partial charge is 0.352 e. The Balaban J connectivity index is 0.00000162. The van der Waals surface area contributed by atoms with Crippen molar-refractivity contribution in [3.05, 3.63) is 34.6 Å². The second kappa shape index (κ2) is 6.92. The molecule has 1 heterocycles. The molecule has 1 aliphatic heterocycles. The van der Waals surface area contributed by atoms with Gasteiger partial charge in [0.15, 0.2) is 0 Å². The van der Waals surface area contributed by atoms with Crippen molar-refractivity contribution in [3.63, 3.8) is 0 Å². The number of carbonyl (C=O) groups excluding carboxylic acids is 1. The van der Waals surface area contributed by atoms with Crippen molar-refractivity contribution in [2.24, 2.45) is 5.92 Å². The van der Waals surface area contributed by atoms with Crippen molar-refractivity contribution >= 4 is 29.9 Å². The maximum Gasteiger partial charge on any atom is 0.251 e. The van der Waals surface area contributed by atoms with Gasteiger partial charge in [-0.05, 0) is 43.6 Å². The monoisotopic (exact) mass is 292 g/mol. The van der Waals surface area contributed by atoms with E-state index in [4.69, 9.17) is 11.6 Å². The molecule has 1 aliphatic rings. The molecule has 1 fully saturated rings. The molecule has 0 aromatic heterocycles. The summed E-state index contributed by atoms with van der Waals surface area (Å²) < 4.78 is 13.2. The summed E-state index contributed by atoms with van der Waals surface area (Å²) in [6.45, 7) is 2.54. The van der Waals surface area contributed by atoms with Crippen molar-refractivity contribution in [1.82, 2.24) is 10.6 Å². The quantitative estimate of drug-likeness (QED) is 0.897. The van der Waals surface area contributed by atoms with Gasteiger partial charge in [-0.1, -0.05) is 11.6 Å². The lowest BCUT2D eigenvalue weighted by atomic mass is 10.1. The number of amides is 1. The molecule has 100 valence electrons. The first kappa shape index (κ1) is 15.2. The highest BCUT2D eigenvalue weighted by atomic mass is 35.5. The highest BCUT2D eigenvalue weighted by molar-refractivity contribution is 6.30. The molecular formula is C12H15Cl2FN2O. The summed E-state index contributed by atoms with van der Waals surface area (Å²) in [5.74, 6) is -0.356. The lowest BCUT2D eigenvalue weighted by molar-refractivity contribution is 0.0948. The fraction of sp³-hybridized carbons (Fsp3) is 0.417. The van der Waals surface area contributed by atoms with Crippen molar-refractivity contribution in [2.75, 3.05) is 19.6 Å². The average molecular weight is 293 g/mol. The van der Waals surface area contributed by atoms with Crippen LogP contribution in [-0.4, -0.2) is 25.5 Å². The molecule has 1 saturated heterocycles. The minimum absolute atomic E-state index is 0. The number of hydrogen-bond acceptors (Lipinski definition) is 2. The predicted octanol–water partition coefficient (Wildman–Crippen LogP) is 2.24. The van der Waals surface area contributed by atoms with E-state index in [1.165, 1.54) is 12.1 Å². The molecular weight excluding hydrogens is 278 g/mol. The molecule has 18 heavy (non-hydrogen) atoms. The van der Waals surface area contributed by atoms with E-state index in [1.807, 2.05) is 0 Å². The van der Waals surface area contributed by atoms with Crippen LogP contribution in [0.15, 0.2) is 18.2 Å². The van der Waals surface area contributed by atoms with E-state index in [9.17, 15) is 9.18 Å². The van der Waals surface area contributed by atoms with Crippen molar-refractivity contribution in [2.45, 2.75) is 6.42 Å². The van der Waals surface area contributed by atoms with Crippen LogP contribution in [0.1, 0.15) is 16.8 Å². The van der Waals surface area contributed by atoms with E-state index >= 15 is 0 Å². The van der Waals surface area contributed by atoms with Gasteiger partial charge in [-0.25, -0.2) is 4.39 Å². The van der Waals surface area contributed by atoms with Crippen LogP contribution in [0.5, 0.6) is 0 Å². The molecule has 0 spiro atoms. The number of nitrogens with one attached hydrogen (secondary N) is 2. The maximum atomic E-state index is 13.2. The Kier molecular flexibility index (Phi) is 5.85. The summed E-state index contributed by atoms with van der Waals surface area (Å²) in [7, 11) is 0. The van der Waals surface area contributed by atoms with Crippen LogP contribution in [0.25, 0.3) is 0 Å². The van der Waals surface area contributed by atoms with E-state index in [2.05, 4.69) is 10.6 Å². The van der Waals surface area contributed by atoms with Crippen LogP contribution in [-0.2, 0) is 0 Å². The second-order valence-corrected chi connectivity index (χ2v) is 4.60. The van der Waals surface area contributed by atoms with Crippen LogP contribution in [0, 0.1) is 11.7 Å². The summed E-state index contributed by atoms with van der Waals surface area (Å²) in [6, 6.07) is 4.07. The molecule has 0 radical (unpaired) electrons. The van der Waals surface area contributed by atoms with E-state index in [0.29, 0.717) is 18.0 Å². The van der Waals surface area contributed by atoms with E-state index < -0.39 is 5.82 Å². The van der Waals surface area contributed by atoms with Crippen molar-refractivity contribution in [1.29, 1.82) is 0 Å². The molecule has 1 unspecified atom stereocenters. The molecule has 0 bridgehead atoms. The highest BCUT2D eigenvalue weighted by Crippen LogP contribution is 2.15. The van der Waals surface area contributed by atoms with Gasteiger partial charge in [0, 0.05) is 12.1 Å². The zero-order valence-electron chi connectivity index (χ0n) is 9.71. The van der Waals surface area contributed by atoms with Crippen molar-refractivity contribution < 1.29 is 9.18 Å². The second-order valence-electron chi connectivity index (χ2n) is 4.20. The zero-order chi connectivity index (χ0) is 12.3. The van der Waals surface area contributed by atoms with Gasteiger partial charge in [0.1, 0.15) is 5.82 Å². The Labute approximate surface area is 116 Å². The first-order chi connectivity index (χ1) is 8.16. The lowest BCUT2D eigenvalue weighted by Gasteiger charge is -2.10. The molecule has 0 saturated carbocycles. The van der Waals surface area contributed by atoms with Gasteiger partial charge in [0.2, 0.25) is 0 Å². The number of carbonyl (C=O) groups is 1. The van der Waals surface area contributed by atoms with Gasteiger partial charge in [0.25, 0.3) is 5.91 Å². The summed E-state index contributed by atoms with van der Waals surface area (Å²) in [5, 5.41) is 6.05. The van der Waals surface area contributed by atoms with Gasteiger partial charge in [0.05, 0.1) is 5.02 Å². The van der Waals surface area contributed by atoms with Crippen LogP contribution >= 0.6 is 24.0 Å². The summed E-state index contributed by atoms with van der Waals surface area (Å²) >= 11 is 5.55. The molecule has 6 heteroatoms. The first-order valence-electron chi connectivity index (χ1n) is 5.61. The number of hydrogen-bond donors (Lipinski definition) is 2. The molecule has 3 nitrogen and oxygen atoms in total. The predicted molar refractivity (Wildman–Crippen MR) is 72.0 cm³/mol. The Morgan fingerprint density at radius 2 is 2.33 bits per heavy atom. The number of rotatable bonds is 3. The Bertz CT molecular complexity index is 423. The maximum absolute atomic E-state index is 13.2. The fourth-order valence-electron chi connectivity index (χ4n) is 1.87. The average Bonchev–Trinajstić information content (AvgIpc) is 2.82. The Morgan fingerprint density at radius 1 is 1.56 bits per heavy atom. The van der Waals surface area contributed by atoms with Gasteiger partial charge >= 0.3 is 0 Å². The fourth-order valence-corrected chi connectivity index (χ4v) is 1.98. The zero-order valence-corrected chi connectivity index (χ0v) is 11.3. The van der Waals surface area contributed by atoms with E-state index in [0.717, 1.165) is 25.6 Å². The van der Waals surface area contributed by atoms with Gasteiger partial charge < -0.3 is 10.6 Å². The number of benzene rings is 1. The molecule has 1 amide bonds. The summed E-state index contributed by atoms with van der Waals surface area (Å²) in [4.78, 5) is 11.7. The van der Waals surface area contributed by atoms with E-state index in [1.54, 1.807) is 0 Å². The molecule has 1 aromatic rings. The molecule has 2 N–H and O–H groups in total.